The summed E-state index contributed by atoms with van der Waals surface area (Å²) < 4.78 is 0. The van der Waals surface area contributed by atoms with Crippen LogP contribution in [-0.4, -0.2) is 11.8 Å². The van der Waals surface area contributed by atoms with Gasteiger partial charge in [-0.1, -0.05) is 24.3 Å². The van der Waals surface area contributed by atoms with Gasteiger partial charge in [-0.25, -0.2) is 0 Å². The fourth-order valence-corrected chi connectivity index (χ4v) is 3.75. The van der Waals surface area contributed by atoms with Gasteiger partial charge in [-0.15, -0.1) is 0 Å². The number of rotatable bonds is 1. The molecule has 0 amide bonds. The van der Waals surface area contributed by atoms with Crippen molar-refractivity contribution < 1.29 is 4.79 Å². The van der Waals surface area contributed by atoms with E-state index in [1.54, 1.807) is 0 Å². The summed E-state index contributed by atoms with van der Waals surface area (Å²) >= 11 is 0. The van der Waals surface area contributed by atoms with E-state index in [0.717, 1.165) is 12.3 Å². The van der Waals surface area contributed by atoms with E-state index in [0.29, 0.717) is 24.2 Å². The van der Waals surface area contributed by atoms with Crippen molar-refractivity contribution in [1.29, 1.82) is 0 Å². The third kappa shape index (κ3) is 1.47. The van der Waals surface area contributed by atoms with Crippen LogP contribution >= 0.6 is 0 Å². The van der Waals surface area contributed by atoms with Crippen LogP contribution in [-0.2, 0) is 4.79 Å². The lowest BCUT2D eigenvalue weighted by molar-refractivity contribution is -0.122. The molecule has 0 radical (unpaired) electrons. The van der Waals surface area contributed by atoms with Gasteiger partial charge >= 0.3 is 0 Å². The average Bonchev–Trinajstić information content (AvgIpc) is 3.13. The van der Waals surface area contributed by atoms with Crippen LogP contribution in [0.1, 0.15) is 48.8 Å². The molecular formula is C15H17NO. The molecule has 17 heavy (non-hydrogen) atoms. The van der Waals surface area contributed by atoms with Gasteiger partial charge in [0.2, 0.25) is 0 Å². The second kappa shape index (κ2) is 3.42. The number of ketones is 1. The summed E-state index contributed by atoms with van der Waals surface area (Å²) in [4.78, 5) is 11.8. The molecule has 4 rings (SSSR count). The van der Waals surface area contributed by atoms with Gasteiger partial charge < -0.3 is 5.32 Å². The summed E-state index contributed by atoms with van der Waals surface area (Å²) in [6.07, 6.45) is 4.11. The van der Waals surface area contributed by atoms with Gasteiger partial charge in [-0.2, -0.15) is 0 Å². The first-order valence-corrected chi connectivity index (χ1v) is 6.69. The number of nitrogens with one attached hydrogen (secondary N) is 1. The first-order valence-electron chi connectivity index (χ1n) is 6.69. The summed E-state index contributed by atoms with van der Waals surface area (Å²) in [5.74, 6) is 1.85. The van der Waals surface area contributed by atoms with Crippen LogP contribution in [0.4, 0.5) is 0 Å². The SMILES string of the molecule is O=C1CC2NC(C1)C(C1CC1)c1ccccc12. The van der Waals surface area contributed by atoms with Crippen molar-refractivity contribution in [2.45, 2.75) is 43.7 Å². The summed E-state index contributed by atoms with van der Waals surface area (Å²) in [6, 6.07) is 9.43. The summed E-state index contributed by atoms with van der Waals surface area (Å²) in [6.45, 7) is 0. The highest BCUT2D eigenvalue weighted by Crippen LogP contribution is 2.50. The zero-order chi connectivity index (χ0) is 11.4. The summed E-state index contributed by atoms with van der Waals surface area (Å²) in [5.41, 5.74) is 2.91. The molecule has 1 aromatic carbocycles. The lowest BCUT2D eigenvalue weighted by Gasteiger charge is -2.42. The van der Waals surface area contributed by atoms with Crippen LogP contribution in [0.15, 0.2) is 24.3 Å². The molecule has 1 N–H and O–H groups in total. The largest absolute Gasteiger partial charge is 0.306 e. The van der Waals surface area contributed by atoms with Crippen LogP contribution in [0.25, 0.3) is 0 Å². The number of carbonyl (C=O) groups is 1. The molecule has 3 aliphatic rings. The van der Waals surface area contributed by atoms with E-state index in [1.807, 2.05) is 0 Å². The minimum absolute atomic E-state index is 0.285. The number of carbonyl (C=O) groups excluding carboxylic acids is 1. The van der Waals surface area contributed by atoms with Crippen molar-refractivity contribution in [1.82, 2.24) is 5.32 Å². The topological polar surface area (TPSA) is 29.1 Å². The fraction of sp³-hybridized carbons (Fsp3) is 0.533. The lowest BCUT2D eigenvalue weighted by Crippen LogP contribution is -2.49. The zero-order valence-corrected chi connectivity index (χ0v) is 9.86. The van der Waals surface area contributed by atoms with Gasteiger partial charge in [0.15, 0.2) is 0 Å². The number of Topliss-reactive ketones (excluding diaryl/α,β-unsaturated/α-hetero) is 1. The van der Waals surface area contributed by atoms with E-state index in [4.69, 9.17) is 0 Å². The molecule has 2 bridgehead atoms. The van der Waals surface area contributed by atoms with Gasteiger partial charge in [0.05, 0.1) is 0 Å². The van der Waals surface area contributed by atoms with Crippen molar-refractivity contribution in [3.05, 3.63) is 35.4 Å². The van der Waals surface area contributed by atoms with Gasteiger partial charge in [-0.3, -0.25) is 4.79 Å². The Balaban J connectivity index is 1.84. The number of hydrogen-bond acceptors (Lipinski definition) is 2. The van der Waals surface area contributed by atoms with Crippen LogP contribution in [0.2, 0.25) is 0 Å². The molecule has 3 unspecified atom stereocenters. The normalized spacial score (nSPS) is 35.5. The van der Waals surface area contributed by atoms with Crippen molar-refractivity contribution in [2.24, 2.45) is 5.92 Å². The molecule has 2 nitrogen and oxygen atoms in total. The Kier molecular flexibility index (Phi) is 1.98. The Morgan fingerprint density at radius 2 is 1.82 bits per heavy atom. The molecule has 0 aromatic heterocycles. The van der Waals surface area contributed by atoms with Crippen molar-refractivity contribution >= 4 is 5.78 Å². The Bertz CT molecular complexity index is 478. The smallest absolute Gasteiger partial charge is 0.136 e. The van der Waals surface area contributed by atoms with Crippen LogP contribution < -0.4 is 5.32 Å². The van der Waals surface area contributed by atoms with Crippen molar-refractivity contribution in [3.63, 3.8) is 0 Å². The summed E-state index contributed by atoms with van der Waals surface area (Å²) in [7, 11) is 0. The number of fused-ring (bicyclic) bond motifs is 4. The van der Waals surface area contributed by atoms with E-state index < -0.39 is 0 Å². The molecule has 2 fully saturated rings. The quantitative estimate of drug-likeness (QED) is 0.799. The number of hydrogen-bond donors (Lipinski definition) is 1. The first kappa shape index (κ1) is 9.84. The Morgan fingerprint density at radius 3 is 2.59 bits per heavy atom. The van der Waals surface area contributed by atoms with E-state index in [2.05, 4.69) is 29.6 Å². The highest BCUT2D eigenvalue weighted by Gasteiger charge is 2.45. The zero-order valence-electron chi connectivity index (χ0n) is 9.86. The molecule has 2 aliphatic heterocycles. The lowest BCUT2D eigenvalue weighted by atomic mass is 9.73. The van der Waals surface area contributed by atoms with E-state index in [9.17, 15) is 4.79 Å². The van der Waals surface area contributed by atoms with E-state index >= 15 is 0 Å². The van der Waals surface area contributed by atoms with Gasteiger partial charge in [0, 0.05) is 30.8 Å². The molecule has 88 valence electrons. The predicted molar refractivity (Wildman–Crippen MR) is 65.8 cm³/mol. The molecule has 1 aromatic rings. The molecule has 1 aliphatic carbocycles. The molecule has 2 heteroatoms. The van der Waals surface area contributed by atoms with Gasteiger partial charge in [-0.05, 0) is 29.9 Å². The monoisotopic (exact) mass is 227 g/mol. The Labute approximate surface area is 101 Å². The molecule has 2 heterocycles. The number of benzene rings is 1. The molecule has 1 saturated heterocycles. The van der Waals surface area contributed by atoms with Gasteiger partial charge in [0.1, 0.15) is 5.78 Å². The molecule has 1 saturated carbocycles. The third-order valence-electron chi connectivity index (χ3n) is 4.59. The maximum Gasteiger partial charge on any atom is 0.136 e. The highest BCUT2D eigenvalue weighted by molar-refractivity contribution is 5.81. The van der Waals surface area contributed by atoms with Gasteiger partial charge in [0.25, 0.3) is 0 Å². The minimum atomic E-state index is 0.285. The Hall–Kier alpha value is -1.15. The highest BCUT2D eigenvalue weighted by atomic mass is 16.1. The predicted octanol–water partition coefficient (Wildman–Crippen LogP) is 2.56. The minimum Gasteiger partial charge on any atom is -0.306 e. The van der Waals surface area contributed by atoms with E-state index in [1.165, 1.54) is 24.0 Å². The van der Waals surface area contributed by atoms with Crippen LogP contribution in [0.3, 0.4) is 0 Å². The standard InChI is InChI=1S/C15H17NO/c17-10-7-13-11-3-1-2-4-12(11)15(9-5-6-9)14(8-10)16-13/h1-4,9,13-16H,5-8H2. The van der Waals surface area contributed by atoms with Crippen molar-refractivity contribution in [2.75, 3.05) is 0 Å². The molecule has 0 spiro atoms. The molecular weight excluding hydrogens is 210 g/mol. The maximum atomic E-state index is 11.8. The fourth-order valence-electron chi connectivity index (χ4n) is 3.75. The maximum absolute atomic E-state index is 11.8. The second-order valence-electron chi connectivity index (χ2n) is 5.76. The van der Waals surface area contributed by atoms with E-state index in [-0.39, 0.29) is 6.04 Å². The summed E-state index contributed by atoms with van der Waals surface area (Å²) in [5, 5.41) is 3.69. The third-order valence-corrected chi connectivity index (χ3v) is 4.59. The second-order valence-corrected chi connectivity index (χ2v) is 5.76. The van der Waals surface area contributed by atoms with Crippen LogP contribution in [0.5, 0.6) is 0 Å². The Morgan fingerprint density at radius 1 is 1.06 bits per heavy atom. The number of piperidine rings is 1. The first-order chi connectivity index (χ1) is 8.33. The average molecular weight is 227 g/mol. The molecule has 3 atom stereocenters. The van der Waals surface area contributed by atoms with Crippen molar-refractivity contribution in [3.8, 4) is 0 Å². The van der Waals surface area contributed by atoms with Crippen LogP contribution in [0, 0.1) is 5.92 Å².